The maximum atomic E-state index is 13.0. The monoisotopic (exact) mass is 247 g/mol. The van der Waals surface area contributed by atoms with Gasteiger partial charge in [0.1, 0.15) is 5.82 Å². The van der Waals surface area contributed by atoms with Crippen molar-refractivity contribution < 1.29 is 9.50 Å². The van der Waals surface area contributed by atoms with Gasteiger partial charge in [-0.2, -0.15) is 0 Å². The maximum Gasteiger partial charge on any atom is 0.139 e. The molecule has 1 rings (SSSR count). The zero-order valence-electron chi connectivity index (χ0n) is 7.27. The normalized spacial score (nSPS) is 10.2. The SMILES string of the molecule is Cc1cc(Br)c(F)cc1NCCO. The van der Waals surface area contributed by atoms with Gasteiger partial charge < -0.3 is 10.4 Å². The van der Waals surface area contributed by atoms with Crippen LogP contribution in [-0.2, 0) is 0 Å². The zero-order chi connectivity index (χ0) is 9.84. The number of rotatable bonds is 3. The van der Waals surface area contributed by atoms with Crippen molar-refractivity contribution in [2.75, 3.05) is 18.5 Å². The van der Waals surface area contributed by atoms with E-state index in [1.165, 1.54) is 6.07 Å². The average molecular weight is 248 g/mol. The maximum absolute atomic E-state index is 13.0. The second kappa shape index (κ2) is 4.58. The largest absolute Gasteiger partial charge is 0.395 e. The fraction of sp³-hybridized carbons (Fsp3) is 0.333. The summed E-state index contributed by atoms with van der Waals surface area (Å²) >= 11 is 3.10. The van der Waals surface area contributed by atoms with E-state index in [1.807, 2.05) is 6.92 Å². The van der Waals surface area contributed by atoms with Crippen LogP contribution in [0.4, 0.5) is 10.1 Å². The summed E-state index contributed by atoms with van der Waals surface area (Å²) in [4.78, 5) is 0. The van der Waals surface area contributed by atoms with Crippen molar-refractivity contribution in [2.24, 2.45) is 0 Å². The Labute approximate surface area is 84.9 Å². The van der Waals surface area contributed by atoms with Gasteiger partial charge in [-0.25, -0.2) is 4.39 Å². The van der Waals surface area contributed by atoms with Crippen LogP contribution in [0.1, 0.15) is 5.56 Å². The van der Waals surface area contributed by atoms with Gasteiger partial charge in [0, 0.05) is 12.2 Å². The van der Waals surface area contributed by atoms with E-state index in [9.17, 15) is 4.39 Å². The van der Waals surface area contributed by atoms with Gasteiger partial charge in [-0.05, 0) is 40.5 Å². The highest BCUT2D eigenvalue weighted by Crippen LogP contribution is 2.23. The van der Waals surface area contributed by atoms with Crippen LogP contribution in [-0.4, -0.2) is 18.3 Å². The minimum Gasteiger partial charge on any atom is -0.395 e. The van der Waals surface area contributed by atoms with Crippen molar-refractivity contribution in [2.45, 2.75) is 6.92 Å². The van der Waals surface area contributed by atoms with Crippen LogP contribution in [0, 0.1) is 12.7 Å². The Bertz CT molecular complexity index is 304. The first kappa shape index (κ1) is 10.5. The average Bonchev–Trinajstić information content (AvgIpc) is 2.09. The molecule has 0 heterocycles. The lowest BCUT2D eigenvalue weighted by Crippen LogP contribution is -2.06. The minimum absolute atomic E-state index is 0.0388. The molecule has 0 aliphatic heterocycles. The molecule has 0 aliphatic carbocycles. The van der Waals surface area contributed by atoms with Crippen LogP contribution in [0.3, 0.4) is 0 Å². The molecule has 72 valence electrons. The van der Waals surface area contributed by atoms with E-state index >= 15 is 0 Å². The Kier molecular flexibility index (Phi) is 3.69. The molecule has 0 saturated heterocycles. The predicted octanol–water partition coefficient (Wildman–Crippen LogP) is 2.30. The number of benzene rings is 1. The molecule has 0 aliphatic rings. The molecular weight excluding hydrogens is 237 g/mol. The van der Waals surface area contributed by atoms with Crippen LogP contribution in [0.25, 0.3) is 0 Å². The van der Waals surface area contributed by atoms with Gasteiger partial charge in [0.2, 0.25) is 0 Å². The van der Waals surface area contributed by atoms with Crippen molar-refractivity contribution >= 4 is 21.6 Å². The second-order valence-electron chi connectivity index (χ2n) is 2.73. The lowest BCUT2D eigenvalue weighted by molar-refractivity contribution is 0.311. The highest BCUT2D eigenvalue weighted by atomic mass is 79.9. The fourth-order valence-corrected chi connectivity index (χ4v) is 1.49. The van der Waals surface area contributed by atoms with Crippen molar-refractivity contribution in [3.05, 3.63) is 28.0 Å². The summed E-state index contributed by atoms with van der Waals surface area (Å²) in [5.41, 5.74) is 1.66. The summed E-state index contributed by atoms with van der Waals surface area (Å²) in [5, 5.41) is 11.5. The molecule has 2 nitrogen and oxygen atoms in total. The summed E-state index contributed by atoms with van der Waals surface area (Å²) in [6.07, 6.45) is 0. The second-order valence-corrected chi connectivity index (χ2v) is 3.59. The first-order valence-corrected chi connectivity index (χ1v) is 4.75. The van der Waals surface area contributed by atoms with E-state index in [1.54, 1.807) is 6.07 Å². The molecule has 0 saturated carbocycles. The molecule has 0 amide bonds. The number of hydrogen-bond donors (Lipinski definition) is 2. The Morgan fingerprint density at radius 2 is 2.23 bits per heavy atom. The molecule has 0 fully saturated rings. The third-order valence-corrected chi connectivity index (χ3v) is 2.30. The van der Waals surface area contributed by atoms with Crippen LogP contribution < -0.4 is 5.32 Å². The van der Waals surface area contributed by atoms with E-state index in [0.29, 0.717) is 11.0 Å². The van der Waals surface area contributed by atoms with E-state index in [-0.39, 0.29) is 12.4 Å². The lowest BCUT2D eigenvalue weighted by atomic mass is 10.2. The molecule has 0 radical (unpaired) electrons. The number of aryl methyl sites for hydroxylation is 1. The summed E-state index contributed by atoms with van der Waals surface area (Å²) in [6.45, 7) is 2.35. The highest BCUT2D eigenvalue weighted by molar-refractivity contribution is 9.10. The summed E-state index contributed by atoms with van der Waals surface area (Å²) in [6, 6.07) is 3.12. The van der Waals surface area contributed by atoms with Gasteiger partial charge in [0.15, 0.2) is 0 Å². The van der Waals surface area contributed by atoms with E-state index < -0.39 is 0 Å². The van der Waals surface area contributed by atoms with E-state index in [4.69, 9.17) is 5.11 Å². The first-order chi connectivity index (χ1) is 6.15. The number of anilines is 1. The van der Waals surface area contributed by atoms with Gasteiger partial charge in [-0.3, -0.25) is 0 Å². The lowest BCUT2D eigenvalue weighted by Gasteiger charge is -2.08. The zero-order valence-corrected chi connectivity index (χ0v) is 8.86. The Hall–Kier alpha value is -0.610. The molecule has 4 heteroatoms. The molecule has 1 aromatic rings. The van der Waals surface area contributed by atoms with Crippen LogP contribution in [0.5, 0.6) is 0 Å². The molecule has 0 aromatic heterocycles. The van der Waals surface area contributed by atoms with Gasteiger partial charge >= 0.3 is 0 Å². The van der Waals surface area contributed by atoms with Gasteiger partial charge in [0.25, 0.3) is 0 Å². The fourth-order valence-electron chi connectivity index (χ4n) is 1.03. The third-order valence-electron chi connectivity index (χ3n) is 1.69. The van der Waals surface area contributed by atoms with Crippen LogP contribution in [0.15, 0.2) is 16.6 Å². The number of aliphatic hydroxyl groups excluding tert-OH is 1. The molecule has 0 unspecified atom stereocenters. The number of hydrogen-bond acceptors (Lipinski definition) is 2. The van der Waals surface area contributed by atoms with Crippen molar-refractivity contribution in [1.82, 2.24) is 0 Å². The van der Waals surface area contributed by atoms with Crippen LogP contribution >= 0.6 is 15.9 Å². The first-order valence-electron chi connectivity index (χ1n) is 3.95. The molecule has 13 heavy (non-hydrogen) atoms. The molecule has 1 aromatic carbocycles. The topological polar surface area (TPSA) is 32.3 Å². The standard InChI is InChI=1S/C9H11BrFNO/c1-6-4-7(10)8(11)5-9(6)12-2-3-13/h4-5,12-13H,2-3H2,1H3. The van der Waals surface area contributed by atoms with Crippen molar-refractivity contribution in [1.29, 1.82) is 0 Å². The van der Waals surface area contributed by atoms with Gasteiger partial charge in [-0.15, -0.1) is 0 Å². The Balaban J connectivity index is 2.88. The summed E-state index contributed by atoms with van der Waals surface area (Å²) in [7, 11) is 0. The van der Waals surface area contributed by atoms with Crippen LogP contribution in [0.2, 0.25) is 0 Å². The minimum atomic E-state index is -0.300. The Morgan fingerprint density at radius 1 is 1.54 bits per heavy atom. The van der Waals surface area contributed by atoms with Crippen molar-refractivity contribution in [3.8, 4) is 0 Å². The molecule has 0 bridgehead atoms. The number of halogens is 2. The van der Waals surface area contributed by atoms with E-state index in [0.717, 1.165) is 11.3 Å². The molecule has 0 atom stereocenters. The molecular formula is C9H11BrFNO. The van der Waals surface area contributed by atoms with Gasteiger partial charge in [-0.1, -0.05) is 0 Å². The number of aliphatic hydroxyl groups is 1. The summed E-state index contributed by atoms with van der Waals surface area (Å²) in [5.74, 6) is -0.300. The molecule has 0 spiro atoms. The number of nitrogens with one attached hydrogen (secondary N) is 1. The Morgan fingerprint density at radius 3 is 2.85 bits per heavy atom. The predicted molar refractivity (Wildman–Crippen MR) is 54.4 cm³/mol. The van der Waals surface area contributed by atoms with Crippen molar-refractivity contribution in [3.63, 3.8) is 0 Å². The van der Waals surface area contributed by atoms with Gasteiger partial charge in [0.05, 0.1) is 11.1 Å². The highest BCUT2D eigenvalue weighted by Gasteiger charge is 2.03. The smallest absolute Gasteiger partial charge is 0.139 e. The summed E-state index contributed by atoms with van der Waals surface area (Å²) < 4.78 is 13.5. The quantitative estimate of drug-likeness (QED) is 0.860. The molecule has 2 N–H and O–H groups in total. The van der Waals surface area contributed by atoms with E-state index in [2.05, 4.69) is 21.2 Å². The third kappa shape index (κ3) is 2.67.